The van der Waals surface area contributed by atoms with Gasteiger partial charge in [-0.05, 0) is 55.6 Å². The van der Waals surface area contributed by atoms with Crippen molar-refractivity contribution in [2.24, 2.45) is 4.99 Å². The van der Waals surface area contributed by atoms with Crippen LogP contribution in [0.5, 0.6) is 0 Å². The molecule has 37 heavy (non-hydrogen) atoms. The molecule has 0 N–H and O–H groups in total. The maximum Gasteiger partial charge on any atom is 2.00 e. The van der Waals surface area contributed by atoms with E-state index < -0.39 is 0 Å². The summed E-state index contributed by atoms with van der Waals surface area (Å²) in [6.07, 6.45) is 2.11. The molecule has 0 atom stereocenters. The average molecular weight is 533 g/mol. The number of benzene rings is 2. The molecular formula is C33H52CaN2O. The summed E-state index contributed by atoms with van der Waals surface area (Å²) in [5.74, 6) is 1.75. The first-order valence-corrected chi connectivity index (χ1v) is 13.7. The summed E-state index contributed by atoms with van der Waals surface area (Å²) in [6.45, 7) is 27.7. The third-order valence-electron chi connectivity index (χ3n) is 6.09. The van der Waals surface area contributed by atoms with Crippen LogP contribution in [0, 0.1) is 0 Å². The Labute approximate surface area is 260 Å². The number of hydrogen-bond donors (Lipinski definition) is 0. The van der Waals surface area contributed by atoms with Gasteiger partial charge in [0, 0.05) is 18.9 Å². The molecule has 0 saturated carbocycles. The van der Waals surface area contributed by atoms with Crippen LogP contribution in [0.25, 0.3) is 5.32 Å². The van der Waals surface area contributed by atoms with Gasteiger partial charge in [0.05, 0.1) is 5.69 Å². The zero-order valence-electron chi connectivity index (χ0n) is 26.8. The van der Waals surface area contributed by atoms with Crippen LogP contribution < -0.4 is 0 Å². The zero-order chi connectivity index (χ0) is 27.4. The Hall–Kier alpha value is -1.13. The van der Waals surface area contributed by atoms with E-state index in [1.807, 2.05) is 13.8 Å². The van der Waals surface area contributed by atoms with Gasteiger partial charge in [-0.1, -0.05) is 116 Å². The van der Waals surface area contributed by atoms with E-state index in [0.717, 1.165) is 36.0 Å². The molecule has 0 spiro atoms. The first-order valence-electron chi connectivity index (χ1n) is 13.7. The molecule has 2 aromatic rings. The molecule has 0 saturated heterocycles. The Kier molecular flexibility index (Phi) is 17.7. The number of allylic oxidation sites excluding steroid dienone is 2. The molecular weight excluding hydrogens is 480 g/mol. The zero-order valence-corrected chi connectivity index (χ0v) is 28.0. The molecule has 3 nitrogen and oxygen atoms in total. The topological polar surface area (TPSA) is 35.7 Å². The van der Waals surface area contributed by atoms with Crippen molar-refractivity contribution in [3.8, 4) is 0 Å². The van der Waals surface area contributed by atoms with Gasteiger partial charge >= 0.3 is 37.7 Å². The maximum absolute atomic E-state index is 5.08. The van der Waals surface area contributed by atoms with Gasteiger partial charge in [0.15, 0.2) is 0 Å². The Morgan fingerprint density at radius 1 is 0.757 bits per heavy atom. The van der Waals surface area contributed by atoms with Crippen LogP contribution in [-0.2, 0) is 4.74 Å². The number of ether oxygens (including phenoxy) is 1. The standard InChI is InChI=1S/C29H41N2.C4H10O.Ca.H/c1-18(2)24-13-11-14-25(19(3)4)28(24)30-22(9)17-23(10)31-29-26(20(5)6)15-12-16-27(29)21(7)8;1-3-5-4-2;;/h11-21H,1-10H3;3-4H2,1-2H3;;/q-1;;+2;-1/b22-17-,31-23?;;;. The molecule has 0 bridgehead atoms. The molecule has 202 valence electrons. The van der Waals surface area contributed by atoms with Crippen molar-refractivity contribution in [2.75, 3.05) is 13.2 Å². The Balaban J connectivity index is 0. The van der Waals surface area contributed by atoms with Crippen LogP contribution in [0.2, 0.25) is 0 Å². The van der Waals surface area contributed by atoms with Crippen molar-refractivity contribution in [3.05, 3.63) is 75.7 Å². The van der Waals surface area contributed by atoms with E-state index >= 15 is 0 Å². The molecule has 0 aliphatic rings. The monoisotopic (exact) mass is 532 g/mol. The van der Waals surface area contributed by atoms with Crippen LogP contribution in [0.4, 0.5) is 11.4 Å². The second kappa shape index (κ2) is 18.2. The molecule has 2 rings (SSSR count). The largest absolute Gasteiger partial charge is 2.00 e. The van der Waals surface area contributed by atoms with Gasteiger partial charge in [-0.3, -0.25) is 4.99 Å². The summed E-state index contributed by atoms with van der Waals surface area (Å²) in [5, 5.41) is 5.08. The first kappa shape index (κ1) is 35.9. The molecule has 0 amide bonds. The van der Waals surface area contributed by atoms with Gasteiger partial charge in [0.25, 0.3) is 0 Å². The van der Waals surface area contributed by atoms with Crippen LogP contribution in [0.15, 0.2) is 53.2 Å². The third-order valence-corrected chi connectivity index (χ3v) is 6.09. The van der Waals surface area contributed by atoms with E-state index in [1.54, 1.807) is 0 Å². The van der Waals surface area contributed by atoms with Crippen LogP contribution in [-0.4, -0.2) is 56.7 Å². The number of hydrogen-bond acceptors (Lipinski definition) is 2. The second-order valence-electron chi connectivity index (χ2n) is 10.6. The Morgan fingerprint density at radius 2 is 1.14 bits per heavy atom. The fraction of sp³-hybridized carbons (Fsp3) is 0.545. The molecule has 4 heteroatoms. The molecule has 0 aliphatic carbocycles. The van der Waals surface area contributed by atoms with Gasteiger partial charge in [-0.2, -0.15) is 5.70 Å². The number of rotatable bonds is 10. The number of nitrogens with zero attached hydrogens (tertiary/aromatic N) is 2. The molecule has 0 fully saturated rings. The van der Waals surface area contributed by atoms with Crippen molar-refractivity contribution in [2.45, 2.75) is 107 Å². The molecule has 0 unspecified atom stereocenters. The Bertz CT molecular complexity index is 956. The molecule has 0 aromatic heterocycles. The average Bonchev–Trinajstić information content (AvgIpc) is 2.79. The van der Waals surface area contributed by atoms with Crippen LogP contribution in [0.3, 0.4) is 0 Å². The quantitative estimate of drug-likeness (QED) is 0.221. The minimum absolute atomic E-state index is 0. The summed E-state index contributed by atoms with van der Waals surface area (Å²) in [5.41, 5.74) is 9.45. The van der Waals surface area contributed by atoms with Crippen molar-refractivity contribution in [1.29, 1.82) is 0 Å². The van der Waals surface area contributed by atoms with E-state index in [2.05, 4.69) is 112 Å². The van der Waals surface area contributed by atoms with Gasteiger partial charge in [0.2, 0.25) is 0 Å². The summed E-state index contributed by atoms with van der Waals surface area (Å²) in [6, 6.07) is 13.1. The fourth-order valence-corrected chi connectivity index (χ4v) is 4.21. The minimum Gasteiger partial charge on any atom is -1.00 e. The van der Waals surface area contributed by atoms with Gasteiger partial charge < -0.3 is 11.5 Å². The van der Waals surface area contributed by atoms with E-state index in [-0.39, 0.29) is 39.2 Å². The third kappa shape index (κ3) is 11.6. The SMILES string of the molecule is CC(/C=C(/C)[N-]c1c(C(C)C)cccc1C(C)C)=Nc1c(C(C)C)cccc1C(C)C.CCOCC.[Ca+2].[H-]. The van der Waals surface area contributed by atoms with Crippen LogP contribution >= 0.6 is 0 Å². The number of aliphatic imine (C=N–C) groups is 1. The first-order chi connectivity index (χ1) is 16.9. The van der Waals surface area contributed by atoms with Gasteiger partial charge in [-0.15, -0.1) is 5.69 Å². The smallest absolute Gasteiger partial charge is 1.00 e. The van der Waals surface area contributed by atoms with Crippen molar-refractivity contribution >= 4 is 54.8 Å². The predicted molar refractivity (Wildman–Crippen MR) is 168 cm³/mol. The maximum atomic E-state index is 5.08. The molecule has 0 aliphatic heterocycles. The summed E-state index contributed by atoms with van der Waals surface area (Å²) in [4.78, 5) is 5.08. The number of para-hydroxylation sites is 2. The minimum atomic E-state index is 0. The van der Waals surface area contributed by atoms with E-state index in [4.69, 9.17) is 15.0 Å². The Morgan fingerprint density at radius 3 is 1.46 bits per heavy atom. The van der Waals surface area contributed by atoms with E-state index in [1.165, 1.54) is 22.3 Å². The van der Waals surface area contributed by atoms with E-state index in [0.29, 0.717) is 23.7 Å². The summed E-state index contributed by atoms with van der Waals surface area (Å²) in [7, 11) is 0. The van der Waals surface area contributed by atoms with Crippen LogP contribution in [0.1, 0.15) is 130 Å². The van der Waals surface area contributed by atoms with Crippen molar-refractivity contribution < 1.29 is 6.16 Å². The normalized spacial score (nSPS) is 12.1. The fourth-order valence-electron chi connectivity index (χ4n) is 4.21. The van der Waals surface area contributed by atoms with E-state index in [9.17, 15) is 0 Å². The predicted octanol–water partition coefficient (Wildman–Crippen LogP) is 10.7. The van der Waals surface area contributed by atoms with Crippen molar-refractivity contribution in [3.63, 3.8) is 0 Å². The van der Waals surface area contributed by atoms with Gasteiger partial charge in [0.1, 0.15) is 0 Å². The summed E-state index contributed by atoms with van der Waals surface area (Å²) < 4.78 is 4.83. The molecule has 0 radical (unpaired) electrons. The second-order valence-corrected chi connectivity index (χ2v) is 10.6. The molecule has 0 heterocycles. The molecule has 2 aromatic carbocycles. The van der Waals surface area contributed by atoms with Crippen molar-refractivity contribution in [1.82, 2.24) is 0 Å². The summed E-state index contributed by atoms with van der Waals surface area (Å²) >= 11 is 0. The van der Waals surface area contributed by atoms with Gasteiger partial charge in [-0.25, -0.2) is 0 Å².